The number of amides is 1. The summed E-state index contributed by atoms with van der Waals surface area (Å²) in [5.74, 6) is 2.45. The molecule has 0 saturated heterocycles. The quantitative estimate of drug-likeness (QED) is 0.533. The maximum atomic E-state index is 11.7. The van der Waals surface area contributed by atoms with E-state index in [1.165, 1.54) is 25.7 Å². The molecular weight excluding hydrogens is 264 g/mol. The van der Waals surface area contributed by atoms with Crippen molar-refractivity contribution in [3.8, 4) is 0 Å². The zero-order valence-electron chi connectivity index (χ0n) is 13.6. The summed E-state index contributed by atoms with van der Waals surface area (Å²) in [6.45, 7) is 4.94. The van der Waals surface area contributed by atoms with Gasteiger partial charge >= 0.3 is 0 Å². The van der Waals surface area contributed by atoms with E-state index in [4.69, 9.17) is 0 Å². The van der Waals surface area contributed by atoms with Crippen molar-refractivity contribution in [2.75, 3.05) is 13.6 Å². The van der Waals surface area contributed by atoms with E-state index in [-0.39, 0.29) is 5.91 Å². The number of guanidine groups is 1. The van der Waals surface area contributed by atoms with Crippen LogP contribution in [0.3, 0.4) is 0 Å². The molecule has 5 heteroatoms. The highest BCUT2D eigenvalue weighted by atomic mass is 16.2. The van der Waals surface area contributed by atoms with Crippen molar-refractivity contribution in [2.24, 2.45) is 16.8 Å². The number of nitrogens with one attached hydrogen (secondary N) is 3. The summed E-state index contributed by atoms with van der Waals surface area (Å²) in [5.41, 5.74) is 0. The first-order valence-corrected chi connectivity index (χ1v) is 8.35. The maximum absolute atomic E-state index is 11.7. The normalized spacial score (nSPS) is 26.6. The number of carbonyl (C=O) groups is 1. The molecule has 0 spiro atoms. The van der Waals surface area contributed by atoms with Crippen LogP contribution in [0.15, 0.2) is 4.99 Å². The van der Waals surface area contributed by atoms with Gasteiger partial charge in [-0.2, -0.15) is 0 Å². The first kappa shape index (κ1) is 16.1. The molecule has 3 N–H and O–H groups in total. The molecule has 2 aliphatic rings. The van der Waals surface area contributed by atoms with Gasteiger partial charge in [-0.25, -0.2) is 0 Å². The molecule has 0 aromatic rings. The molecule has 0 aromatic carbocycles. The predicted molar refractivity (Wildman–Crippen MR) is 86.2 cm³/mol. The number of aliphatic imine (C=N–C) groups is 1. The van der Waals surface area contributed by atoms with Gasteiger partial charge in [-0.15, -0.1) is 0 Å². The fraction of sp³-hybridized carbons (Fsp3) is 0.875. The van der Waals surface area contributed by atoms with E-state index >= 15 is 0 Å². The summed E-state index contributed by atoms with van der Waals surface area (Å²) in [4.78, 5) is 15.9. The third-order valence-corrected chi connectivity index (χ3v) is 4.64. The number of rotatable bonds is 5. The van der Waals surface area contributed by atoms with Crippen molar-refractivity contribution in [3.05, 3.63) is 0 Å². The minimum Gasteiger partial charge on any atom is -0.354 e. The fourth-order valence-corrected chi connectivity index (χ4v) is 2.99. The summed E-state index contributed by atoms with van der Waals surface area (Å²) >= 11 is 0. The third-order valence-electron chi connectivity index (χ3n) is 4.64. The van der Waals surface area contributed by atoms with E-state index in [2.05, 4.69) is 34.8 Å². The lowest BCUT2D eigenvalue weighted by atomic mass is 9.80. The summed E-state index contributed by atoms with van der Waals surface area (Å²) in [6.07, 6.45) is 7.20. The molecule has 21 heavy (non-hydrogen) atoms. The Bertz CT molecular complexity index is 368. The molecule has 2 saturated carbocycles. The molecule has 0 bridgehead atoms. The lowest BCUT2D eigenvalue weighted by Crippen LogP contribution is -2.48. The van der Waals surface area contributed by atoms with Gasteiger partial charge < -0.3 is 16.0 Å². The molecule has 2 fully saturated rings. The Labute approximate surface area is 128 Å². The second-order valence-electron chi connectivity index (χ2n) is 6.77. The van der Waals surface area contributed by atoms with Gasteiger partial charge in [-0.05, 0) is 50.4 Å². The monoisotopic (exact) mass is 294 g/mol. The number of carbonyl (C=O) groups excluding carboxylic acids is 1. The Morgan fingerprint density at radius 3 is 2.14 bits per heavy atom. The zero-order chi connectivity index (χ0) is 15.2. The molecule has 0 aromatic heterocycles. The van der Waals surface area contributed by atoms with E-state index in [0.717, 1.165) is 30.6 Å². The van der Waals surface area contributed by atoms with Crippen molar-refractivity contribution in [1.82, 2.24) is 16.0 Å². The standard InChI is InChI=1S/C16H30N4O/c1-11(2)12-4-6-14(7-5-12)20-16(17-3)18-10-15(21)19-13-8-9-13/h11-14H,4-10H2,1-3H3,(H,19,21)(H2,17,18,20). The van der Waals surface area contributed by atoms with Gasteiger partial charge in [0.1, 0.15) is 0 Å². The van der Waals surface area contributed by atoms with E-state index in [0.29, 0.717) is 18.6 Å². The van der Waals surface area contributed by atoms with Gasteiger partial charge in [0.25, 0.3) is 0 Å². The highest BCUT2D eigenvalue weighted by Crippen LogP contribution is 2.29. The van der Waals surface area contributed by atoms with Crippen LogP contribution in [0.1, 0.15) is 52.4 Å². The first-order chi connectivity index (χ1) is 10.1. The molecular formula is C16H30N4O. The van der Waals surface area contributed by atoms with Crippen LogP contribution in [-0.4, -0.2) is 37.5 Å². The maximum Gasteiger partial charge on any atom is 0.239 e. The van der Waals surface area contributed by atoms with Crippen molar-refractivity contribution < 1.29 is 4.79 Å². The third kappa shape index (κ3) is 5.56. The van der Waals surface area contributed by atoms with E-state index < -0.39 is 0 Å². The van der Waals surface area contributed by atoms with Crippen LogP contribution in [0.2, 0.25) is 0 Å². The van der Waals surface area contributed by atoms with Crippen LogP contribution in [0.5, 0.6) is 0 Å². The Hall–Kier alpha value is -1.26. The van der Waals surface area contributed by atoms with Gasteiger partial charge in [-0.1, -0.05) is 13.8 Å². The number of hydrogen-bond donors (Lipinski definition) is 3. The molecule has 0 atom stereocenters. The Balaban J connectivity index is 1.66. The molecule has 0 unspecified atom stereocenters. The smallest absolute Gasteiger partial charge is 0.239 e. The fourth-order valence-electron chi connectivity index (χ4n) is 2.99. The van der Waals surface area contributed by atoms with E-state index in [9.17, 15) is 4.79 Å². The lowest BCUT2D eigenvalue weighted by molar-refractivity contribution is -0.120. The van der Waals surface area contributed by atoms with Gasteiger partial charge in [0.05, 0.1) is 6.54 Å². The largest absolute Gasteiger partial charge is 0.354 e. The second kappa shape index (κ2) is 7.66. The van der Waals surface area contributed by atoms with E-state index in [1.807, 2.05) is 0 Å². The molecule has 0 radical (unpaired) electrons. The summed E-state index contributed by atoms with van der Waals surface area (Å²) in [7, 11) is 1.76. The summed E-state index contributed by atoms with van der Waals surface area (Å²) in [6, 6.07) is 0.901. The number of hydrogen-bond acceptors (Lipinski definition) is 2. The van der Waals surface area contributed by atoms with Crippen LogP contribution in [0, 0.1) is 11.8 Å². The Morgan fingerprint density at radius 1 is 1.05 bits per heavy atom. The van der Waals surface area contributed by atoms with Crippen LogP contribution in [0.25, 0.3) is 0 Å². The minimum atomic E-state index is 0.0592. The lowest BCUT2D eigenvalue weighted by Gasteiger charge is -2.32. The average molecular weight is 294 g/mol. The van der Waals surface area contributed by atoms with Gasteiger partial charge in [-0.3, -0.25) is 9.79 Å². The second-order valence-corrected chi connectivity index (χ2v) is 6.77. The SMILES string of the molecule is CN=C(NCC(=O)NC1CC1)NC1CCC(C(C)C)CC1. The van der Waals surface area contributed by atoms with Gasteiger partial charge in [0.15, 0.2) is 5.96 Å². The van der Waals surface area contributed by atoms with Crippen molar-refractivity contribution >= 4 is 11.9 Å². The molecule has 120 valence electrons. The molecule has 1 amide bonds. The molecule has 0 heterocycles. The highest BCUT2D eigenvalue weighted by Gasteiger charge is 2.25. The van der Waals surface area contributed by atoms with E-state index in [1.54, 1.807) is 7.05 Å². The molecule has 2 aliphatic carbocycles. The number of nitrogens with zero attached hydrogens (tertiary/aromatic N) is 1. The molecule has 2 rings (SSSR count). The Kier molecular flexibility index (Phi) is 5.88. The van der Waals surface area contributed by atoms with Crippen LogP contribution in [0.4, 0.5) is 0 Å². The highest BCUT2D eigenvalue weighted by molar-refractivity contribution is 5.86. The van der Waals surface area contributed by atoms with Crippen molar-refractivity contribution in [2.45, 2.75) is 64.5 Å². The average Bonchev–Trinajstić information content (AvgIpc) is 3.27. The van der Waals surface area contributed by atoms with Gasteiger partial charge in [0.2, 0.25) is 5.91 Å². The van der Waals surface area contributed by atoms with Crippen molar-refractivity contribution in [3.63, 3.8) is 0 Å². The summed E-state index contributed by atoms with van der Waals surface area (Å²) in [5, 5.41) is 9.53. The summed E-state index contributed by atoms with van der Waals surface area (Å²) < 4.78 is 0. The molecule has 0 aliphatic heterocycles. The van der Waals surface area contributed by atoms with Crippen LogP contribution >= 0.6 is 0 Å². The van der Waals surface area contributed by atoms with Gasteiger partial charge in [0, 0.05) is 19.1 Å². The molecule has 5 nitrogen and oxygen atoms in total. The van der Waals surface area contributed by atoms with Crippen LogP contribution < -0.4 is 16.0 Å². The van der Waals surface area contributed by atoms with Crippen molar-refractivity contribution in [1.29, 1.82) is 0 Å². The zero-order valence-corrected chi connectivity index (χ0v) is 13.6. The Morgan fingerprint density at radius 2 is 1.62 bits per heavy atom. The predicted octanol–water partition coefficient (Wildman–Crippen LogP) is 1.64. The first-order valence-electron chi connectivity index (χ1n) is 8.35. The minimum absolute atomic E-state index is 0.0592. The topological polar surface area (TPSA) is 65.5 Å². The van der Waals surface area contributed by atoms with Crippen LogP contribution in [-0.2, 0) is 4.79 Å².